The molecule has 5 fully saturated rings. The molecule has 1 spiro atoms. The Kier molecular flexibility index (Phi) is 6.36. The first-order chi connectivity index (χ1) is 16.2. The van der Waals surface area contributed by atoms with Gasteiger partial charge in [-0.1, -0.05) is 20.8 Å². The van der Waals surface area contributed by atoms with Crippen molar-refractivity contribution in [3.63, 3.8) is 0 Å². The van der Waals surface area contributed by atoms with Gasteiger partial charge < -0.3 is 9.84 Å². The monoisotopic (exact) mass is 510 g/mol. The summed E-state index contributed by atoms with van der Waals surface area (Å²) in [5.41, 5.74) is 0.111. The molecule has 0 radical (unpaired) electrons. The van der Waals surface area contributed by atoms with E-state index < -0.39 is 21.8 Å². The van der Waals surface area contributed by atoms with Crippen LogP contribution in [0.3, 0.4) is 0 Å². The third-order valence-electron chi connectivity index (χ3n) is 12.6. The summed E-state index contributed by atoms with van der Waals surface area (Å²) in [6, 6.07) is 0. The fourth-order valence-electron chi connectivity index (χ4n) is 10.9. The fraction of sp³-hybridized carbons (Fsp3) is 1.00. The molecule has 0 bridgehead atoms. The van der Waals surface area contributed by atoms with E-state index >= 15 is 0 Å². The number of ether oxygens (including phenoxy) is 1. The van der Waals surface area contributed by atoms with Crippen LogP contribution in [-0.2, 0) is 19.0 Å². The summed E-state index contributed by atoms with van der Waals surface area (Å²) in [5, 5.41) is 10.6. The van der Waals surface area contributed by atoms with E-state index in [0.717, 1.165) is 36.3 Å². The second-order valence-electron chi connectivity index (χ2n) is 14.5. The van der Waals surface area contributed by atoms with Crippen LogP contribution in [0.15, 0.2) is 0 Å². The van der Waals surface area contributed by atoms with Gasteiger partial charge in [-0.3, -0.25) is 4.18 Å². The molecule has 0 aromatic carbocycles. The molecule has 0 aromatic heterocycles. The summed E-state index contributed by atoms with van der Waals surface area (Å²) in [4.78, 5) is 0. The smallest absolute Gasteiger partial charge is 0.264 e. The van der Waals surface area contributed by atoms with Crippen LogP contribution >= 0.6 is 0 Å². The lowest BCUT2D eigenvalue weighted by molar-refractivity contribution is -0.161. The van der Waals surface area contributed by atoms with Crippen molar-refractivity contribution in [2.24, 2.45) is 51.8 Å². The summed E-state index contributed by atoms with van der Waals surface area (Å²) >= 11 is 0. The van der Waals surface area contributed by atoms with E-state index in [1.807, 2.05) is 7.11 Å². The number of fused-ring (bicyclic) bond motifs is 4. The number of methoxy groups -OCH3 is 1. The first kappa shape index (κ1) is 26.4. The average Bonchev–Trinajstić information content (AvgIpc) is 3.25. The molecule has 0 aromatic rings. The van der Waals surface area contributed by atoms with Crippen LogP contribution < -0.4 is 0 Å². The number of hydrogen-bond acceptors (Lipinski definition) is 5. The highest BCUT2D eigenvalue weighted by Crippen LogP contribution is 2.82. The van der Waals surface area contributed by atoms with Crippen LogP contribution in [0.4, 0.5) is 0 Å². The van der Waals surface area contributed by atoms with E-state index in [1.165, 1.54) is 51.4 Å². The van der Waals surface area contributed by atoms with Crippen LogP contribution in [-0.4, -0.2) is 44.7 Å². The van der Waals surface area contributed by atoms with E-state index in [2.05, 4.69) is 20.8 Å². The molecule has 5 rings (SSSR count). The summed E-state index contributed by atoms with van der Waals surface area (Å²) in [6.07, 6.45) is 13.0. The minimum Gasteiger partial charge on any atom is -0.388 e. The Morgan fingerprint density at radius 2 is 1.77 bits per heavy atom. The van der Waals surface area contributed by atoms with E-state index in [-0.39, 0.29) is 0 Å². The van der Waals surface area contributed by atoms with Gasteiger partial charge in [0.1, 0.15) is 6.10 Å². The molecule has 0 amide bonds. The van der Waals surface area contributed by atoms with Crippen LogP contribution in [0.2, 0.25) is 0 Å². The normalized spacial score (nSPS) is 48.5. The molecule has 6 heteroatoms. The van der Waals surface area contributed by atoms with Gasteiger partial charge in [0.2, 0.25) is 0 Å². The number of aliphatic hydroxyl groups is 1. The van der Waals surface area contributed by atoms with Crippen LogP contribution in [0, 0.1) is 51.8 Å². The molecule has 5 aliphatic carbocycles. The van der Waals surface area contributed by atoms with E-state index in [1.54, 1.807) is 13.8 Å². The van der Waals surface area contributed by atoms with Gasteiger partial charge in [-0.2, -0.15) is 8.42 Å². The van der Waals surface area contributed by atoms with Crippen molar-refractivity contribution in [3.05, 3.63) is 0 Å². The third kappa shape index (κ3) is 3.98. The Hall–Kier alpha value is -0.170. The Morgan fingerprint density at radius 3 is 2.37 bits per heavy atom. The molecule has 0 unspecified atom stereocenters. The Labute approximate surface area is 214 Å². The second-order valence-corrected chi connectivity index (χ2v) is 16.1. The van der Waals surface area contributed by atoms with Crippen molar-refractivity contribution in [3.8, 4) is 0 Å². The maximum atomic E-state index is 11.8. The number of rotatable bonds is 8. The van der Waals surface area contributed by atoms with Gasteiger partial charge in [0.15, 0.2) is 0 Å². The lowest BCUT2D eigenvalue weighted by Gasteiger charge is -2.61. The molecule has 0 heterocycles. The molecule has 5 aliphatic rings. The molecule has 5 saturated carbocycles. The largest absolute Gasteiger partial charge is 0.388 e. The summed E-state index contributed by atoms with van der Waals surface area (Å²) in [7, 11) is -1.65. The van der Waals surface area contributed by atoms with Crippen molar-refractivity contribution in [1.82, 2.24) is 0 Å². The van der Waals surface area contributed by atoms with Crippen LogP contribution in [0.5, 0.6) is 0 Å². The predicted molar refractivity (Wildman–Crippen MR) is 138 cm³/mol. The zero-order chi connectivity index (χ0) is 25.6. The van der Waals surface area contributed by atoms with Crippen molar-refractivity contribution in [2.45, 2.75) is 117 Å². The predicted octanol–water partition coefficient (Wildman–Crippen LogP) is 5.80. The van der Waals surface area contributed by atoms with E-state index in [4.69, 9.17) is 8.92 Å². The highest BCUT2D eigenvalue weighted by molar-refractivity contribution is 7.86. The van der Waals surface area contributed by atoms with Crippen molar-refractivity contribution >= 4 is 10.1 Å². The summed E-state index contributed by atoms with van der Waals surface area (Å²) < 4.78 is 35.2. The lowest BCUT2D eigenvalue weighted by Crippen LogP contribution is -2.57. The quantitative estimate of drug-likeness (QED) is 0.418. The lowest BCUT2D eigenvalue weighted by atomic mass is 9.45. The zero-order valence-electron chi connectivity index (χ0n) is 23.2. The van der Waals surface area contributed by atoms with Crippen molar-refractivity contribution in [1.29, 1.82) is 0 Å². The molecular formula is C29H50O5S. The first-order valence-corrected chi connectivity index (χ1v) is 16.1. The third-order valence-corrected chi connectivity index (χ3v) is 13.1. The SMILES string of the molecule is CO[C@@H]1C[C@H]2[C@@H]3CC[C@H]([C@H](C)CC[C@@H](OS(C)(=O)=O)C(C)(C)O)[C@@]3(C)CC[C@@H]2[C@@]2(C)CC[C@H]3C[C@]312. The fourth-order valence-corrected chi connectivity index (χ4v) is 11.7. The maximum Gasteiger partial charge on any atom is 0.264 e. The topological polar surface area (TPSA) is 72.8 Å². The Balaban J connectivity index is 1.31. The molecular weight excluding hydrogens is 460 g/mol. The molecule has 1 N–H and O–H groups in total. The molecule has 35 heavy (non-hydrogen) atoms. The van der Waals surface area contributed by atoms with Gasteiger partial charge >= 0.3 is 0 Å². The van der Waals surface area contributed by atoms with Gasteiger partial charge in [0.05, 0.1) is 18.0 Å². The average molecular weight is 511 g/mol. The summed E-state index contributed by atoms with van der Waals surface area (Å²) in [5.74, 6) is 4.46. The van der Waals surface area contributed by atoms with Crippen molar-refractivity contribution < 1.29 is 22.4 Å². The molecule has 11 atom stereocenters. The van der Waals surface area contributed by atoms with Gasteiger partial charge in [-0.15, -0.1) is 0 Å². The van der Waals surface area contributed by atoms with E-state index in [9.17, 15) is 13.5 Å². The van der Waals surface area contributed by atoms with Crippen molar-refractivity contribution in [2.75, 3.05) is 13.4 Å². The second kappa shape index (κ2) is 8.41. The molecule has 202 valence electrons. The van der Waals surface area contributed by atoms with E-state index in [0.29, 0.717) is 40.6 Å². The molecule has 5 nitrogen and oxygen atoms in total. The van der Waals surface area contributed by atoms with Crippen LogP contribution in [0.25, 0.3) is 0 Å². The summed E-state index contributed by atoms with van der Waals surface area (Å²) in [6.45, 7) is 10.9. The van der Waals surface area contributed by atoms with Crippen LogP contribution in [0.1, 0.15) is 98.8 Å². The highest BCUT2D eigenvalue weighted by atomic mass is 32.2. The van der Waals surface area contributed by atoms with Gasteiger partial charge in [0.25, 0.3) is 10.1 Å². The Bertz CT molecular complexity index is 926. The van der Waals surface area contributed by atoms with Gasteiger partial charge in [-0.05, 0) is 124 Å². The first-order valence-electron chi connectivity index (χ1n) is 14.3. The number of hydrogen-bond donors (Lipinski definition) is 1. The minimum absolute atomic E-state index is 0.350. The highest BCUT2D eigenvalue weighted by Gasteiger charge is 2.77. The standard InChI is InChI=1S/C29H50O5S/c1-18(8-11-24(26(2,3)30)34-35(7,31)32)21-9-10-22-20-16-25(33-6)29-17-19(29)12-15-28(29,5)23(20)13-14-27(21,22)4/h18-25,30H,8-17H2,1-7H3/t18-,19+,20+,21-,22+,23+,24-,25-,27-,28-,29+/m1/s1. The molecule has 0 aliphatic heterocycles. The van der Waals surface area contributed by atoms with Gasteiger partial charge in [0, 0.05) is 12.5 Å². The Morgan fingerprint density at radius 1 is 1.06 bits per heavy atom. The van der Waals surface area contributed by atoms with Gasteiger partial charge in [-0.25, -0.2) is 0 Å². The zero-order valence-corrected chi connectivity index (χ0v) is 24.0. The maximum absolute atomic E-state index is 11.8. The minimum atomic E-state index is -3.61. The molecule has 0 saturated heterocycles.